The maximum absolute atomic E-state index is 15.4. The molecule has 1 aliphatic rings. The third-order valence-electron chi connectivity index (χ3n) is 5.62. The number of halogens is 3. The van der Waals surface area contributed by atoms with Gasteiger partial charge < -0.3 is 15.4 Å². The number of carboxylic acids is 1. The van der Waals surface area contributed by atoms with Gasteiger partial charge in [0.1, 0.15) is 0 Å². The molecule has 0 saturated heterocycles. The van der Waals surface area contributed by atoms with Crippen molar-refractivity contribution < 1.29 is 18.7 Å². The predicted molar refractivity (Wildman–Crippen MR) is 130 cm³/mol. The van der Waals surface area contributed by atoms with Gasteiger partial charge in [-0.15, -0.1) is 0 Å². The molecule has 5 rings (SSSR count). The Morgan fingerprint density at radius 3 is 2.68 bits per heavy atom. The topological polar surface area (TPSA) is 86.1 Å². The Bertz CT molecular complexity index is 1400. The van der Waals surface area contributed by atoms with Crippen LogP contribution in [0.2, 0.25) is 5.02 Å². The van der Waals surface area contributed by atoms with E-state index in [1.54, 1.807) is 27.7 Å². The van der Waals surface area contributed by atoms with Crippen molar-refractivity contribution in [2.24, 2.45) is 5.73 Å². The molecule has 1 fully saturated rings. The van der Waals surface area contributed by atoms with Crippen LogP contribution in [0.25, 0.3) is 16.6 Å². The van der Waals surface area contributed by atoms with E-state index in [1.165, 1.54) is 24.3 Å². The molecule has 0 bridgehead atoms. The number of carbonyl (C=O) groups is 1. The number of nitrogens with zero attached hydrogens (tertiary/aromatic N) is 3. The van der Waals surface area contributed by atoms with Gasteiger partial charge in [-0.25, -0.2) is 13.6 Å². The molecular formula is C23H20ClF2N4NaO2S. The first-order valence-electron chi connectivity index (χ1n) is 10.4. The van der Waals surface area contributed by atoms with Gasteiger partial charge in [-0.05, 0) is 37.1 Å². The molecule has 2 heterocycles. The Balaban J connectivity index is 0.00000274. The number of rotatable bonds is 7. The van der Waals surface area contributed by atoms with E-state index in [2.05, 4.69) is 5.10 Å². The van der Waals surface area contributed by atoms with Crippen LogP contribution in [0.5, 0.6) is 0 Å². The number of hydrogen-bond acceptors (Lipinski definition) is 4. The molecule has 0 spiro atoms. The Labute approximate surface area is 225 Å². The summed E-state index contributed by atoms with van der Waals surface area (Å²) in [6.07, 6.45) is 5.25. The monoisotopic (exact) mass is 512 g/mol. The van der Waals surface area contributed by atoms with Gasteiger partial charge in [-0.1, -0.05) is 29.4 Å². The van der Waals surface area contributed by atoms with E-state index in [9.17, 15) is 14.3 Å². The summed E-state index contributed by atoms with van der Waals surface area (Å²) >= 11 is 7.24. The summed E-state index contributed by atoms with van der Waals surface area (Å²) < 4.78 is 33.9. The Kier molecular flexibility index (Phi) is 7.42. The molecule has 34 heavy (non-hydrogen) atoms. The SMILES string of the molecule is NCCn1cc(-n2c(C3CC3)c(Sc3cccc(C(=O)O)c3F)c3ccc(Cl)c(F)c32)cn1.[NaH]. The third kappa shape index (κ3) is 4.41. The van der Waals surface area contributed by atoms with Gasteiger partial charge in [0.2, 0.25) is 0 Å². The number of nitrogens with two attached hydrogens (primary N) is 1. The third-order valence-corrected chi connectivity index (χ3v) is 7.08. The second kappa shape index (κ2) is 10.0. The van der Waals surface area contributed by atoms with Crippen LogP contribution in [0.15, 0.2) is 52.5 Å². The molecule has 2 aromatic carbocycles. The summed E-state index contributed by atoms with van der Waals surface area (Å²) in [6, 6.07) is 7.44. The van der Waals surface area contributed by atoms with Crippen molar-refractivity contribution in [3.63, 3.8) is 0 Å². The fourth-order valence-electron chi connectivity index (χ4n) is 3.99. The minimum atomic E-state index is -1.34. The average Bonchev–Trinajstić information content (AvgIpc) is 3.43. The quantitative estimate of drug-likeness (QED) is 0.348. The number of aromatic nitrogens is 3. The Hall–Kier alpha value is -1.88. The van der Waals surface area contributed by atoms with Gasteiger partial charge in [0.25, 0.3) is 0 Å². The zero-order chi connectivity index (χ0) is 23.3. The van der Waals surface area contributed by atoms with Crippen molar-refractivity contribution in [2.45, 2.75) is 35.1 Å². The van der Waals surface area contributed by atoms with Crippen LogP contribution < -0.4 is 5.73 Å². The van der Waals surface area contributed by atoms with Crippen LogP contribution in [0.4, 0.5) is 8.78 Å². The van der Waals surface area contributed by atoms with Crippen molar-refractivity contribution in [2.75, 3.05) is 6.54 Å². The minimum absolute atomic E-state index is 0. The summed E-state index contributed by atoms with van der Waals surface area (Å²) in [5.41, 5.74) is 7.01. The normalized spacial score (nSPS) is 13.3. The van der Waals surface area contributed by atoms with Gasteiger partial charge in [0.15, 0.2) is 11.6 Å². The molecule has 0 atom stereocenters. The van der Waals surface area contributed by atoms with Crippen LogP contribution in [-0.4, -0.2) is 61.5 Å². The molecular weight excluding hydrogens is 493 g/mol. The van der Waals surface area contributed by atoms with Gasteiger partial charge in [0.05, 0.1) is 34.5 Å². The molecule has 2 aromatic heterocycles. The van der Waals surface area contributed by atoms with Crippen LogP contribution in [-0.2, 0) is 6.54 Å². The molecule has 0 unspecified atom stereocenters. The standard InChI is InChI=1S/C23H19ClF2N4O2S.Na.H/c24-16-7-6-15-21(19(16)26)30(13-10-28-29(11-13)9-8-27)20(12-4-5-12)22(15)33-17-3-1-2-14(18(17)25)23(31)32;;/h1-3,6-7,10-12H,4-5,8-9,27H2,(H,31,32);;. The van der Waals surface area contributed by atoms with E-state index >= 15 is 4.39 Å². The second-order valence-corrected chi connectivity index (χ2v) is 9.32. The summed E-state index contributed by atoms with van der Waals surface area (Å²) in [5.74, 6) is -2.58. The molecule has 3 N–H and O–H groups in total. The molecule has 0 radical (unpaired) electrons. The average molecular weight is 513 g/mol. The fraction of sp³-hybridized carbons (Fsp3) is 0.217. The van der Waals surface area contributed by atoms with E-state index in [-0.39, 0.29) is 50.9 Å². The molecule has 0 aliphatic heterocycles. The van der Waals surface area contributed by atoms with Crippen molar-refractivity contribution in [3.8, 4) is 5.69 Å². The van der Waals surface area contributed by atoms with Gasteiger partial charge in [-0.2, -0.15) is 5.10 Å². The number of aromatic carboxylic acids is 1. The summed E-state index contributed by atoms with van der Waals surface area (Å²) in [6.45, 7) is 0.916. The molecule has 6 nitrogen and oxygen atoms in total. The fourth-order valence-corrected chi connectivity index (χ4v) is 5.35. The van der Waals surface area contributed by atoms with Crippen LogP contribution >= 0.6 is 23.4 Å². The van der Waals surface area contributed by atoms with Crippen LogP contribution in [0.3, 0.4) is 0 Å². The van der Waals surface area contributed by atoms with Crippen LogP contribution in [0, 0.1) is 11.6 Å². The predicted octanol–water partition coefficient (Wildman–Crippen LogP) is 4.80. The number of carboxylic acid groups (broad SMARTS) is 1. The molecule has 1 saturated carbocycles. The van der Waals surface area contributed by atoms with Crippen LogP contribution in [0.1, 0.15) is 34.8 Å². The summed E-state index contributed by atoms with van der Waals surface area (Å²) in [7, 11) is 0. The van der Waals surface area contributed by atoms with Gasteiger partial charge in [0, 0.05) is 39.5 Å². The number of hydrogen-bond donors (Lipinski definition) is 2. The number of benzene rings is 2. The first kappa shape index (κ1) is 25.2. The van der Waals surface area contributed by atoms with Crippen molar-refractivity contribution >= 4 is 69.8 Å². The Morgan fingerprint density at radius 2 is 2.00 bits per heavy atom. The van der Waals surface area contributed by atoms with Gasteiger partial charge >= 0.3 is 35.5 Å². The van der Waals surface area contributed by atoms with E-state index < -0.39 is 23.2 Å². The summed E-state index contributed by atoms with van der Waals surface area (Å²) in [5, 5.41) is 14.2. The zero-order valence-corrected chi connectivity index (χ0v) is 18.8. The van der Waals surface area contributed by atoms with Crippen molar-refractivity contribution in [1.29, 1.82) is 0 Å². The molecule has 1 aliphatic carbocycles. The van der Waals surface area contributed by atoms with Gasteiger partial charge in [-0.3, -0.25) is 4.68 Å². The molecule has 0 amide bonds. The first-order chi connectivity index (χ1) is 15.9. The maximum atomic E-state index is 15.4. The molecule has 11 heteroatoms. The number of fused-ring (bicyclic) bond motifs is 1. The van der Waals surface area contributed by atoms with E-state index in [0.717, 1.165) is 30.3 Å². The molecule has 4 aromatic rings. The zero-order valence-electron chi connectivity index (χ0n) is 17.3. The summed E-state index contributed by atoms with van der Waals surface area (Å²) in [4.78, 5) is 12.2. The second-order valence-electron chi connectivity index (χ2n) is 7.86. The van der Waals surface area contributed by atoms with Crippen molar-refractivity contribution in [3.05, 3.63) is 70.6 Å². The Morgan fingerprint density at radius 1 is 1.24 bits per heavy atom. The van der Waals surface area contributed by atoms with Crippen molar-refractivity contribution in [1.82, 2.24) is 14.3 Å². The van der Waals surface area contributed by atoms with E-state index in [1.807, 2.05) is 0 Å². The molecule has 172 valence electrons. The van der Waals surface area contributed by atoms with E-state index in [0.29, 0.717) is 29.1 Å². The first-order valence-corrected chi connectivity index (χ1v) is 11.5. The van der Waals surface area contributed by atoms with E-state index in [4.69, 9.17) is 17.3 Å².